The molecule has 2 rings (SSSR count). The molecule has 0 fully saturated rings. The Kier molecular flexibility index (Phi) is 3.87. The molecule has 0 unspecified atom stereocenters. The van der Waals surface area contributed by atoms with E-state index < -0.39 is 11.6 Å². The smallest absolute Gasteiger partial charge is 0.165 e. The van der Waals surface area contributed by atoms with E-state index in [0.29, 0.717) is 11.5 Å². The van der Waals surface area contributed by atoms with Crippen molar-refractivity contribution in [1.82, 2.24) is 0 Å². The zero-order valence-electron chi connectivity index (χ0n) is 9.78. The Labute approximate surface area is 113 Å². The third-order valence-electron chi connectivity index (χ3n) is 2.56. The summed E-state index contributed by atoms with van der Waals surface area (Å²) in [5.41, 5.74) is 1.18. The highest BCUT2D eigenvalue weighted by molar-refractivity contribution is 9.10. The molecule has 4 heteroatoms. The van der Waals surface area contributed by atoms with Crippen LogP contribution in [-0.4, -0.2) is 5.11 Å². The molecule has 18 heavy (non-hydrogen) atoms. The number of rotatable bonds is 3. The van der Waals surface area contributed by atoms with Crippen molar-refractivity contribution < 1.29 is 14.2 Å². The van der Waals surface area contributed by atoms with Crippen LogP contribution in [0.15, 0.2) is 40.9 Å². The minimum atomic E-state index is -0.662. The molecular formula is C14H12BrFO2. The molecule has 2 aromatic carbocycles. The van der Waals surface area contributed by atoms with Gasteiger partial charge in [-0.1, -0.05) is 28.9 Å². The van der Waals surface area contributed by atoms with Crippen LogP contribution >= 0.6 is 15.9 Å². The van der Waals surface area contributed by atoms with E-state index in [4.69, 9.17) is 4.74 Å². The highest BCUT2D eigenvalue weighted by Crippen LogP contribution is 2.29. The summed E-state index contributed by atoms with van der Waals surface area (Å²) in [6.45, 7) is 2.07. The van der Waals surface area contributed by atoms with Gasteiger partial charge in [0.1, 0.15) is 11.5 Å². The van der Waals surface area contributed by atoms with Crippen LogP contribution < -0.4 is 4.74 Å². The summed E-state index contributed by atoms with van der Waals surface area (Å²) in [5.74, 6) is -0.0586. The topological polar surface area (TPSA) is 29.5 Å². The van der Waals surface area contributed by atoms with E-state index >= 15 is 0 Å². The number of hydrogen-bond donors (Lipinski definition) is 1. The molecule has 0 atom stereocenters. The van der Waals surface area contributed by atoms with Gasteiger partial charge in [0, 0.05) is 10.5 Å². The first kappa shape index (κ1) is 12.9. The van der Waals surface area contributed by atoms with Crippen LogP contribution in [0.3, 0.4) is 0 Å². The van der Waals surface area contributed by atoms with E-state index in [0.717, 1.165) is 10.9 Å². The number of ether oxygens (including phenoxy) is 1. The highest BCUT2D eigenvalue weighted by Gasteiger charge is 2.05. The number of aromatic hydroxyl groups is 1. The Bertz CT molecular complexity index is 570. The molecule has 0 saturated heterocycles. The minimum absolute atomic E-state index is 0.394. The standard InChI is InChI=1S/C14H12BrFO2/c1-2-9-3-4-10(7-12(9)15)18-11-5-6-13(16)14(17)8-11/h3-8,17H,2H2,1H3. The number of hydrogen-bond acceptors (Lipinski definition) is 2. The van der Waals surface area contributed by atoms with Crippen LogP contribution in [0.4, 0.5) is 4.39 Å². The van der Waals surface area contributed by atoms with Crippen LogP contribution in [0, 0.1) is 5.82 Å². The molecule has 0 aliphatic rings. The molecule has 2 nitrogen and oxygen atoms in total. The summed E-state index contributed by atoms with van der Waals surface area (Å²) in [7, 11) is 0. The van der Waals surface area contributed by atoms with Crippen molar-refractivity contribution in [3.05, 3.63) is 52.3 Å². The summed E-state index contributed by atoms with van der Waals surface area (Å²) < 4.78 is 19.4. The minimum Gasteiger partial charge on any atom is -0.505 e. The van der Waals surface area contributed by atoms with E-state index in [1.807, 2.05) is 18.2 Å². The van der Waals surface area contributed by atoms with Crippen molar-refractivity contribution in [2.24, 2.45) is 0 Å². The molecule has 94 valence electrons. The Morgan fingerprint density at radius 1 is 1.17 bits per heavy atom. The van der Waals surface area contributed by atoms with Crippen LogP contribution in [-0.2, 0) is 6.42 Å². The maximum absolute atomic E-state index is 12.9. The second-order valence-electron chi connectivity index (χ2n) is 3.82. The van der Waals surface area contributed by atoms with Crippen LogP contribution in [0.2, 0.25) is 0 Å². The van der Waals surface area contributed by atoms with Crippen molar-refractivity contribution in [3.8, 4) is 17.2 Å². The Morgan fingerprint density at radius 3 is 2.44 bits per heavy atom. The Hall–Kier alpha value is -1.55. The average Bonchev–Trinajstić information content (AvgIpc) is 2.34. The predicted molar refractivity (Wildman–Crippen MR) is 71.7 cm³/mol. The molecule has 2 aromatic rings. The SMILES string of the molecule is CCc1ccc(Oc2ccc(F)c(O)c2)cc1Br. The zero-order valence-corrected chi connectivity index (χ0v) is 11.4. The molecule has 0 radical (unpaired) electrons. The van der Waals surface area contributed by atoms with Gasteiger partial charge in [-0.15, -0.1) is 0 Å². The van der Waals surface area contributed by atoms with Crippen LogP contribution in [0.5, 0.6) is 17.2 Å². The zero-order chi connectivity index (χ0) is 13.1. The monoisotopic (exact) mass is 310 g/mol. The Balaban J connectivity index is 2.23. The molecule has 0 amide bonds. The number of phenols is 1. The van der Waals surface area contributed by atoms with Gasteiger partial charge in [-0.2, -0.15) is 0 Å². The molecular weight excluding hydrogens is 299 g/mol. The molecule has 0 heterocycles. The quantitative estimate of drug-likeness (QED) is 0.894. The fraction of sp³-hybridized carbons (Fsp3) is 0.143. The van der Waals surface area contributed by atoms with E-state index in [-0.39, 0.29) is 0 Å². The van der Waals surface area contributed by atoms with Gasteiger partial charge in [-0.05, 0) is 36.2 Å². The summed E-state index contributed by atoms with van der Waals surface area (Å²) in [5, 5.41) is 9.25. The second-order valence-corrected chi connectivity index (χ2v) is 4.68. The molecule has 0 aliphatic carbocycles. The lowest BCUT2D eigenvalue weighted by Crippen LogP contribution is -1.88. The van der Waals surface area contributed by atoms with Crippen molar-refractivity contribution >= 4 is 15.9 Å². The van der Waals surface area contributed by atoms with Gasteiger partial charge in [0.2, 0.25) is 0 Å². The highest BCUT2D eigenvalue weighted by atomic mass is 79.9. The predicted octanol–water partition coefficient (Wildman–Crippen LogP) is 4.65. The third-order valence-corrected chi connectivity index (χ3v) is 3.30. The van der Waals surface area contributed by atoms with Gasteiger partial charge in [0.15, 0.2) is 11.6 Å². The largest absolute Gasteiger partial charge is 0.505 e. The normalized spacial score (nSPS) is 10.4. The number of halogens is 2. The molecule has 0 saturated carbocycles. The summed E-state index contributed by atoms with van der Waals surface area (Å²) in [4.78, 5) is 0. The molecule has 1 N–H and O–H groups in total. The first-order valence-electron chi connectivity index (χ1n) is 5.55. The number of phenolic OH excluding ortho intramolecular Hbond substituents is 1. The van der Waals surface area contributed by atoms with E-state index in [1.54, 1.807) is 0 Å². The lowest BCUT2D eigenvalue weighted by atomic mass is 10.2. The lowest BCUT2D eigenvalue weighted by Gasteiger charge is -2.08. The van der Waals surface area contributed by atoms with Crippen LogP contribution in [0.25, 0.3) is 0 Å². The second kappa shape index (κ2) is 5.40. The molecule has 0 spiro atoms. The first-order chi connectivity index (χ1) is 8.60. The average molecular weight is 311 g/mol. The number of benzene rings is 2. The van der Waals surface area contributed by atoms with Gasteiger partial charge in [-0.25, -0.2) is 4.39 Å². The fourth-order valence-electron chi connectivity index (χ4n) is 1.57. The number of aryl methyl sites for hydroxylation is 1. The maximum Gasteiger partial charge on any atom is 0.165 e. The first-order valence-corrected chi connectivity index (χ1v) is 6.34. The summed E-state index contributed by atoms with van der Waals surface area (Å²) >= 11 is 3.46. The van der Waals surface area contributed by atoms with Gasteiger partial charge in [0.25, 0.3) is 0 Å². The van der Waals surface area contributed by atoms with Crippen LogP contribution in [0.1, 0.15) is 12.5 Å². The van der Waals surface area contributed by atoms with Gasteiger partial charge in [-0.3, -0.25) is 0 Å². The molecule has 0 bridgehead atoms. The lowest BCUT2D eigenvalue weighted by molar-refractivity contribution is 0.421. The molecule has 0 aromatic heterocycles. The van der Waals surface area contributed by atoms with Gasteiger partial charge < -0.3 is 9.84 Å². The van der Waals surface area contributed by atoms with Gasteiger partial charge in [0.05, 0.1) is 0 Å². The fourth-order valence-corrected chi connectivity index (χ4v) is 2.21. The Morgan fingerprint density at radius 2 is 1.83 bits per heavy atom. The van der Waals surface area contributed by atoms with E-state index in [9.17, 15) is 9.50 Å². The molecule has 0 aliphatic heterocycles. The van der Waals surface area contributed by atoms with Gasteiger partial charge >= 0.3 is 0 Å². The maximum atomic E-state index is 12.9. The van der Waals surface area contributed by atoms with Crippen molar-refractivity contribution in [2.75, 3.05) is 0 Å². The third kappa shape index (κ3) is 2.82. The van der Waals surface area contributed by atoms with Crippen molar-refractivity contribution in [2.45, 2.75) is 13.3 Å². The van der Waals surface area contributed by atoms with Crippen molar-refractivity contribution in [3.63, 3.8) is 0 Å². The summed E-state index contributed by atoms with van der Waals surface area (Å²) in [6, 6.07) is 9.53. The van der Waals surface area contributed by atoms with E-state index in [2.05, 4.69) is 22.9 Å². The summed E-state index contributed by atoms with van der Waals surface area (Å²) in [6.07, 6.45) is 0.929. The van der Waals surface area contributed by atoms with Crippen molar-refractivity contribution in [1.29, 1.82) is 0 Å². The van der Waals surface area contributed by atoms with E-state index in [1.165, 1.54) is 23.8 Å².